The molecule has 4 nitrogen and oxygen atoms in total. The molecule has 0 aromatic carbocycles. The second kappa shape index (κ2) is 5.26. The van der Waals surface area contributed by atoms with E-state index in [2.05, 4.69) is 6.58 Å². The third-order valence-electron chi connectivity index (χ3n) is 3.32. The molecule has 0 saturated heterocycles. The van der Waals surface area contributed by atoms with Gasteiger partial charge >= 0.3 is 5.97 Å². The maximum atomic E-state index is 11.8. The van der Waals surface area contributed by atoms with Gasteiger partial charge in [0, 0.05) is 37.5 Å². The van der Waals surface area contributed by atoms with E-state index in [1.54, 1.807) is 0 Å². The van der Waals surface area contributed by atoms with Crippen LogP contribution in [0.15, 0.2) is 42.3 Å². The van der Waals surface area contributed by atoms with Crippen molar-refractivity contribution in [3.63, 3.8) is 0 Å². The van der Waals surface area contributed by atoms with Crippen LogP contribution in [0.1, 0.15) is 12.8 Å². The second-order valence-corrected chi connectivity index (χ2v) is 4.78. The highest BCUT2D eigenvalue weighted by molar-refractivity contribution is 5.97. The molecule has 0 N–H and O–H groups in total. The van der Waals surface area contributed by atoms with Crippen molar-refractivity contribution in [2.75, 3.05) is 26.1 Å². The first kappa shape index (κ1) is 13.3. The number of rotatable bonds is 3. The largest absolute Gasteiger partial charge is 0.465 e. The molecule has 1 aromatic heterocycles. The third-order valence-corrected chi connectivity index (χ3v) is 3.32. The van der Waals surface area contributed by atoms with Crippen LogP contribution >= 0.6 is 0 Å². The Morgan fingerprint density at radius 1 is 1.32 bits per heavy atom. The average Bonchev–Trinajstić information content (AvgIpc) is 2.80. The molecular weight excluding hydrogens is 240 g/mol. The molecule has 0 aliphatic heterocycles. The Kier molecular flexibility index (Phi) is 3.69. The summed E-state index contributed by atoms with van der Waals surface area (Å²) in [6.07, 6.45) is 5.40. The molecule has 1 aliphatic rings. The summed E-state index contributed by atoms with van der Waals surface area (Å²) in [7, 11) is 5.40. The monoisotopic (exact) mass is 259 g/mol. The molecule has 1 heterocycles. The molecular formula is C15H19N2O2+. The van der Waals surface area contributed by atoms with E-state index in [1.165, 1.54) is 7.11 Å². The number of esters is 1. The van der Waals surface area contributed by atoms with Gasteiger partial charge in [0.25, 0.3) is 0 Å². The lowest BCUT2D eigenvalue weighted by molar-refractivity contribution is -0.579. The van der Waals surface area contributed by atoms with Gasteiger partial charge in [-0.2, -0.15) is 4.57 Å². The maximum absolute atomic E-state index is 11.8. The van der Waals surface area contributed by atoms with Gasteiger partial charge < -0.3 is 9.64 Å². The summed E-state index contributed by atoms with van der Waals surface area (Å²) in [6, 6.07) is 4.01. The molecule has 19 heavy (non-hydrogen) atoms. The van der Waals surface area contributed by atoms with Crippen LogP contribution in [0.3, 0.4) is 0 Å². The number of hydrogen-bond donors (Lipinski definition) is 0. The van der Waals surface area contributed by atoms with Gasteiger partial charge in [-0.3, -0.25) is 0 Å². The molecule has 0 amide bonds. The van der Waals surface area contributed by atoms with E-state index in [4.69, 9.17) is 4.74 Å². The Hall–Kier alpha value is -2.10. The van der Waals surface area contributed by atoms with E-state index in [0.29, 0.717) is 12.0 Å². The number of pyridine rings is 1. The minimum Gasteiger partial charge on any atom is -0.465 e. The van der Waals surface area contributed by atoms with Crippen molar-refractivity contribution in [3.8, 4) is 0 Å². The summed E-state index contributed by atoms with van der Waals surface area (Å²) in [5.41, 5.74) is 3.66. The minimum absolute atomic E-state index is 0.266. The lowest BCUT2D eigenvalue weighted by Gasteiger charge is -2.10. The first-order valence-electron chi connectivity index (χ1n) is 6.23. The molecule has 0 atom stereocenters. The van der Waals surface area contributed by atoms with Crippen LogP contribution in [0.5, 0.6) is 0 Å². The molecule has 1 aromatic rings. The molecule has 0 unspecified atom stereocenters. The fourth-order valence-electron chi connectivity index (χ4n) is 2.25. The van der Waals surface area contributed by atoms with E-state index < -0.39 is 0 Å². The second-order valence-electron chi connectivity index (χ2n) is 4.78. The Morgan fingerprint density at radius 3 is 2.47 bits per heavy atom. The maximum Gasteiger partial charge on any atom is 0.340 e. The van der Waals surface area contributed by atoms with Crippen LogP contribution in [0, 0.1) is 0 Å². The molecule has 0 fully saturated rings. The van der Waals surface area contributed by atoms with E-state index in [1.807, 2.05) is 48.1 Å². The molecule has 0 bridgehead atoms. The third kappa shape index (κ3) is 2.52. The number of methoxy groups -OCH3 is 1. The van der Waals surface area contributed by atoms with Gasteiger partial charge in [0.2, 0.25) is 5.70 Å². The van der Waals surface area contributed by atoms with Crippen LogP contribution in [0.4, 0.5) is 5.69 Å². The first-order valence-corrected chi connectivity index (χ1v) is 6.23. The summed E-state index contributed by atoms with van der Waals surface area (Å²) >= 11 is 0. The summed E-state index contributed by atoms with van der Waals surface area (Å²) in [4.78, 5) is 13.8. The van der Waals surface area contributed by atoms with Crippen molar-refractivity contribution in [2.24, 2.45) is 0 Å². The predicted octanol–water partition coefficient (Wildman–Crippen LogP) is 1.77. The number of aromatic nitrogens is 1. The van der Waals surface area contributed by atoms with Crippen LogP contribution < -0.4 is 9.47 Å². The van der Waals surface area contributed by atoms with E-state index >= 15 is 0 Å². The SMILES string of the molecule is C=C1CCC(C(=O)OC)=C1[n+]1ccc(N(C)C)cc1. The topological polar surface area (TPSA) is 33.4 Å². The molecule has 2 rings (SSSR count). The number of allylic oxidation sites excluding steroid dienone is 2. The summed E-state index contributed by atoms with van der Waals surface area (Å²) in [5, 5.41) is 0. The van der Waals surface area contributed by atoms with Crippen molar-refractivity contribution in [1.82, 2.24) is 0 Å². The minimum atomic E-state index is -0.266. The number of carbonyl (C=O) groups excluding carboxylic acids is 1. The number of ether oxygens (including phenoxy) is 1. The quantitative estimate of drug-likeness (QED) is 0.613. The van der Waals surface area contributed by atoms with Gasteiger partial charge in [0.15, 0.2) is 12.4 Å². The van der Waals surface area contributed by atoms with Crippen molar-refractivity contribution >= 4 is 17.4 Å². The van der Waals surface area contributed by atoms with Crippen LogP contribution in [-0.2, 0) is 9.53 Å². The Bertz CT molecular complexity index is 542. The standard InChI is InChI=1S/C15H19N2O2/c1-11-5-6-13(15(18)19-4)14(11)17-9-7-12(8-10-17)16(2)3/h7-10H,1,5-6H2,2-4H3/q+1. The fraction of sp³-hybridized carbons (Fsp3) is 0.333. The Balaban J connectivity index is 2.42. The van der Waals surface area contributed by atoms with Gasteiger partial charge in [0.05, 0.1) is 7.11 Å². The Labute approximate surface area is 113 Å². The fourth-order valence-corrected chi connectivity index (χ4v) is 2.25. The van der Waals surface area contributed by atoms with Crippen LogP contribution in [0.25, 0.3) is 5.70 Å². The smallest absolute Gasteiger partial charge is 0.340 e. The van der Waals surface area contributed by atoms with Crippen molar-refractivity contribution < 1.29 is 14.1 Å². The van der Waals surface area contributed by atoms with Crippen molar-refractivity contribution in [1.29, 1.82) is 0 Å². The van der Waals surface area contributed by atoms with Gasteiger partial charge in [-0.15, -0.1) is 0 Å². The number of hydrogen-bond acceptors (Lipinski definition) is 3. The van der Waals surface area contributed by atoms with Crippen molar-refractivity contribution in [2.45, 2.75) is 12.8 Å². The van der Waals surface area contributed by atoms with E-state index in [0.717, 1.165) is 23.4 Å². The van der Waals surface area contributed by atoms with Crippen LogP contribution in [0.2, 0.25) is 0 Å². The normalized spacial score (nSPS) is 14.8. The van der Waals surface area contributed by atoms with E-state index in [9.17, 15) is 4.79 Å². The number of anilines is 1. The molecule has 100 valence electrons. The Morgan fingerprint density at radius 2 is 1.95 bits per heavy atom. The summed E-state index contributed by atoms with van der Waals surface area (Å²) < 4.78 is 6.78. The zero-order valence-electron chi connectivity index (χ0n) is 11.6. The highest BCUT2D eigenvalue weighted by Crippen LogP contribution is 2.30. The summed E-state index contributed by atoms with van der Waals surface area (Å²) in [5.74, 6) is -0.266. The molecule has 0 saturated carbocycles. The zero-order chi connectivity index (χ0) is 14.0. The summed E-state index contributed by atoms with van der Waals surface area (Å²) in [6.45, 7) is 4.04. The molecule has 0 radical (unpaired) electrons. The van der Waals surface area contributed by atoms with Gasteiger partial charge in [-0.25, -0.2) is 4.79 Å². The van der Waals surface area contributed by atoms with Crippen LogP contribution in [-0.4, -0.2) is 27.2 Å². The lowest BCUT2D eigenvalue weighted by atomic mass is 10.2. The molecule has 4 heteroatoms. The van der Waals surface area contributed by atoms with Gasteiger partial charge in [-0.1, -0.05) is 6.58 Å². The highest BCUT2D eigenvalue weighted by Gasteiger charge is 2.31. The zero-order valence-corrected chi connectivity index (χ0v) is 11.6. The molecule has 1 aliphatic carbocycles. The number of carbonyl (C=O) groups is 1. The average molecular weight is 259 g/mol. The molecule has 0 spiro atoms. The lowest BCUT2D eigenvalue weighted by Crippen LogP contribution is -2.33. The van der Waals surface area contributed by atoms with Gasteiger partial charge in [-0.05, 0) is 12.8 Å². The number of nitrogens with zero attached hydrogens (tertiary/aromatic N) is 2. The van der Waals surface area contributed by atoms with Crippen molar-refractivity contribution in [3.05, 3.63) is 42.3 Å². The highest BCUT2D eigenvalue weighted by atomic mass is 16.5. The first-order chi connectivity index (χ1) is 9.04. The predicted molar refractivity (Wildman–Crippen MR) is 74.6 cm³/mol. The van der Waals surface area contributed by atoms with Gasteiger partial charge in [0.1, 0.15) is 5.57 Å². The van der Waals surface area contributed by atoms with E-state index in [-0.39, 0.29) is 5.97 Å².